The van der Waals surface area contributed by atoms with Gasteiger partial charge in [0.2, 0.25) is 5.91 Å². The van der Waals surface area contributed by atoms with Gasteiger partial charge in [-0.2, -0.15) is 0 Å². The number of nitrogens with zero attached hydrogens (tertiary/aromatic N) is 2. The second-order valence-corrected chi connectivity index (χ2v) is 8.58. The molecule has 4 nitrogen and oxygen atoms in total. The van der Waals surface area contributed by atoms with E-state index in [9.17, 15) is 4.79 Å². The van der Waals surface area contributed by atoms with Gasteiger partial charge >= 0.3 is 0 Å². The summed E-state index contributed by atoms with van der Waals surface area (Å²) in [5, 5.41) is 5.91. The number of hydrogen-bond acceptors (Lipinski definition) is 3. The predicted octanol–water partition coefficient (Wildman–Crippen LogP) is 3.87. The molecule has 2 heterocycles. The summed E-state index contributed by atoms with van der Waals surface area (Å²) in [5.74, 6) is 0.192. The van der Waals surface area contributed by atoms with Crippen molar-refractivity contribution in [2.75, 3.05) is 24.7 Å². The Hall–Kier alpha value is -2.85. The predicted molar refractivity (Wildman–Crippen MR) is 116 cm³/mol. The number of likely N-dealkylation sites (tertiary alicyclic amines) is 1. The molecule has 29 heavy (non-hydrogen) atoms. The number of para-hydroxylation sites is 1. The second-order valence-electron chi connectivity index (χ2n) is 8.58. The average molecular weight is 383 g/mol. The largest absolute Gasteiger partial charge is 0.339 e. The highest BCUT2D eigenvalue weighted by Gasteiger charge is 2.51. The molecular formula is C25H25N3O. The zero-order valence-electron chi connectivity index (χ0n) is 16.5. The van der Waals surface area contributed by atoms with Crippen LogP contribution in [-0.4, -0.2) is 36.1 Å². The number of rotatable bonds is 2. The van der Waals surface area contributed by atoms with Gasteiger partial charge in [0.05, 0.1) is 6.67 Å². The molecule has 3 aromatic rings. The average Bonchev–Trinajstić information content (AvgIpc) is 3.30. The van der Waals surface area contributed by atoms with Gasteiger partial charge in [0.1, 0.15) is 5.54 Å². The molecule has 0 radical (unpaired) electrons. The monoisotopic (exact) mass is 383 g/mol. The molecule has 1 amide bonds. The van der Waals surface area contributed by atoms with Crippen molar-refractivity contribution in [1.29, 1.82) is 0 Å². The van der Waals surface area contributed by atoms with Crippen LogP contribution in [0.4, 0.5) is 5.69 Å². The van der Waals surface area contributed by atoms with Gasteiger partial charge in [0.25, 0.3) is 0 Å². The molecule has 3 aliphatic rings. The maximum Gasteiger partial charge on any atom is 0.247 e. The molecule has 1 aliphatic carbocycles. The van der Waals surface area contributed by atoms with Crippen LogP contribution >= 0.6 is 0 Å². The van der Waals surface area contributed by atoms with Crippen LogP contribution in [-0.2, 0) is 11.2 Å². The molecule has 0 bridgehead atoms. The zero-order valence-corrected chi connectivity index (χ0v) is 16.5. The van der Waals surface area contributed by atoms with Crippen LogP contribution in [0.1, 0.15) is 30.0 Å². The van der Waals surface area contributed by atoms with E-state index in [1.807, 2.05) is 6.07 Å². The van der Waals surface area contributed by atoms with E-state index < -0.39 is 5.54 Å². The Balaban J connectivity index is 1.28. The van der Waals surface area contributed by atoms with E-state index in [4.69, 9.17) is 0 Å². The summed E-state index contributed by atoms with van der Waals surface area (Å²) >= 11 is 0. The first-order chi connectivity index (χ1) is 14.3. The highest BCUT2D eigenvalue weighted by Crippen LogP contribution is 2.43. The van der Waals surface area contributed by atoms with E-state index in [1.165, 1.54) is 21.9 Å². The molecule has 6 rings (SSSR count). The Morgan fingerprint density at radius 3 is 2.45 bits per heavy atom. The van der Waals surface area contributed by atoms with Crippen molar-refractivity contribution < 1.29 is 4.79 Å². The van der Waals surface area contributed by atoms with Crippen LogP contribution in [0.2, 0.25) is 0 Å². The molecule has 1 N–H and O–H groups in total. The fourth-order valence-corrected chi connectivity index (χ4v) is 5.78. The van der Waals surface area contributed by atoms with Gasteiger partial charge in [0.15, 0.2) is 0 Å². The molecule has 2 aliphatic heterocycles. The van der Waals surface area contributed by atoms with Crippen LogP contribution in [0.5, 0.6) is 0 Å². The first-order valence-corrected chi connectivity index (χ1v) is 10.6. The molecule has 3 aromatic carbocycles. The van der Waals surface area contributed by atoms with Gasteiger partial charge in [-0.15, -0.1) is 0 Å². The van der Waals surface area contributed by atoms with Crippen molar-refractivity contribution in [3.8, 4) is 0 Å². The zero-order chi connectivity index (χ0) is 19.4. The topological polar surface area (TPSA) is 35.6 Å². The van der Waals surface area contributed by atoms with E-state index in [-0.39, 0.29) is 5.91 Å². The number of carbonyl (C=O) groups excluding carboxylic acids is 1. The summed E-state index contributed by atoms with van der Waals surface area (Å²) in [6.07, 6.45) is 2.82. The number of nitrogens with one attached hydrogen (secondary N) is 1. The van der Waals surface area contributed by atoms with Gasteiger partial charge in [0, 0.05) is 24.8 Å². The number of anilines is 1. The molecule has 1 spiro atoms. The van der Waals surface area contributed by atoms with Crippen molar-refractivity contribution in [1.82, 2.24) is 10.2 Å². The Labute approximate surface area is 171 Å². The molecular weight excluding hydrogens is 358 g/mol. The van der Waals surface area contributed by atoms with Crippen LogP contribution in [0.3, 0.4) is 0 Å². The van der Waals surface area contributed by atoms with Crippen molar-refractivity contribution in [2.45, 2.75) is 30.8 Å². The van der Waals surface area contributed by atoms with Crippen molar-refractivity contribution in [3.05, 3.63) is 77.9 Å². The van der Waals surface area contributed by atoms with Crippen LogP contribution in [0.15, 0.2) is 66.7 Å². The first kappa shape index (κ1) is 17.0. The standard InChI is InChI=1S/C25H25N3O/c29-24-25(28(17-26-24)20-9-2-1-3-10-20)12-14-27(15-13-25)22-16-19-8-4-6-18-7-5-11-21(22)23(18)19/h1-11,22H,12-17H2,(H,26,29)/t22-/m0/s1. The van der Waals surface area contributed by atoms with E-state index >= 15 is 0 Å². The summed E-state index contributed by atoms with van der Waals surface area (Å²) in [5.41, 5.74) is 3.66. The van der Waals surface area contributed by atoms with Crippen molar-refractivity contribution in [3.63, 3.8) is 0 Å². The minimum Gasteiger partial charge on any atom is -0.339 e. The molecule has 146 valence electrons. The summed E-state index contributed by atoms with van der Waals surface area (Å²) in [4.78, 5) is 17.8. The third-order valence-electron chi connectivity index (χ3n) is 7.27. The maximum atomic E-state index is 12.9. The summed E-state index contributed by atoms with van der Waals surface area (Å²) in [7, 11) is 0. The van der Waals surface area contributed by atoms with Crippen LogP contribution in [0.25, 0.3) is 10.8 Å². The van der Waals surface area contributed by atoms with Gasteiger partial charge in [-0.3, -0.25) is 9.69 Å². The minimum atomic E-state index is -0.407. The Morgan fingerprint density at radius 2 is 1.66 bits per heavy atom. The Kier molecular flexibility index (Phi) is 3.72. The number of piperidine rings is 1. The lowest BCUT2D eigenvalue weighted by molar-refractivity contribution is -0.125. The molecule has 2 saturated heterocycles. The summed E-state index contributed by atoms with van der Waals surface area (Å²) in [6, 6.07) is 24.2. The van der Waals surface area contributed by atoms with Crippen molar-refractivity contribution >= 4 is 22.4 Å². The van der Waals surface area contributed by atoms with Crippen LogP contribution in [0, 0.1) is 0 Å². The molecule has 4 heteroatoms. The second kappa shape index (κ2) is 6.33. The van der Waals surface area contributed by atoms with E-state index in [2.05, 4.69) is 75.8 Å². The van der Waals surface area contributed by atoms with Crippen molar-refractivity contribution in [2.24, 2.45) is 0 Å². The molecule has 0 unspecified atom stereocenters. The minimum absolute atomic E-state index is 0.192. The maximum absolute atomic E-state index is 12.9. The molecule has 0 aromatic heterocycles. The summed E-state index contributed by atoms with van der Waals surface area (Å²) in [6.45, 7) is 2.51. The highest BCUT2D eigenvalue weighted by atomic mass is 16.2. The van der Waals surface area contributed by atoms with Gasteiger partial charge in [-0.05, 0) is 53.3 Å². The van der Waals surface area contributed by atoms with Gasteiger partial charge in [-0.1, -0.05) is 54.6 Å². The number of hydrogen-bond donors (Lipinski definition) is 1. The lowest BCUT2D eigenvalue weighted by atomic mass is 9.84. The van der Waals surface area contributed by atoms with Gasteiger partial charge < -0.3 is 10.2 Å². The Bertz CT molecular complexity index is 1080. The van der Waals surface area contributed by atoms with Gasteiger partial charge in [-0.25, -0.2) is 0 Å². The highest BCUT2D eigenvalue weighted by molar-refractivity contribution is 5.94. The lowest BCUT2D eigenvalue weighted by Gasteiger charge is -2.45. The molecule has 0 saturated carbocycles. The van der Waals surface area contributed by atoms with Crippen LogP contribution < -0.4 is 10.2 Å². The fourth-order valence-electron chi connectivity index (χ4n) is 5.78. The quantitative estimate of drug-likeness (QED) is 0.730. The van der Waals surface area contributed by atoms with E-state index in [0.717, 1.165) is 38.0 Å². The number of amides is 1. The lowest BCUT2D eigenvalue weighted by Crippen LogP contribution is -2.56. The summed E-state index contributed by atoms with van der Waals surface area (Å²) < 4.78 is 0. The van der Waals surface area contributed by atoms with E-state index in [0.29, 0.717) is 12.7 Å². The number of carbonyl (C=O) groups is 1. The third-order valence-corrected chi connectivity index (χ3v) is 7.27. The Morgan fingerprint density at radius 1 is 0.897 bits per heavy atom. The van der Waals surface area contributed by atoms with E-state index in [1.54, 1.807) is 0 Å². The fraction of sp³-hybridized carbons (Fsp3) is 0.320. The first-order valence-electron chi connectivity index (χ1n) is 10.6. The smallest absolute Gasteiger partial charge is 0.247 e. The normalized spacial score (nSPS) is 23.1. The number of benzene rings is 3. The molecule has 1 atom stereocenters. The third kappa shape index (κ3) is 2.45. The molecule has 2 fully saturated rings. The SMILES string of the molecule is O=C1NCN(c2ccccc2)C12CCN([C@H]1Cc3cccc4cccc1c34)CC2.